The van der Waals surface area contributed by atoms with Crippen LogP contribution in [0, 0.1) is 6.92 Å². The first-order valence-corrected chi connectivity index (χ1v) is 12.9. The molecule has 10 heteroatoms. The molecule has 2 aliphatic rings. The van der Waals surface area contributed by atoms with Gasteiger partial charge in [-0.05, 0) is 44.7 Å². The number of methoxy groups -OCH3 is 1. The van der Waals surface area contributed by atoms with Crippen LogP contribution >= 0.6 is 0 Å². The number of nitrogens with zero attached hydrogens (tertiary/aromatic N) is 5. The molecule has 3 aromatic rings. The second kappa shape index (κ2) is 10.4. The van der Waals surface area contributed by atoms with Crippen molar-refractivity contribution in [2.75, 3.05) is 38.6 Å². The lowest BCUT2D eigenvalue weighted by atomic mass is 9.84. The zero-order valence-corrected chi connectivity index (χ0v) is 21.6. The Bertz CT molecular complexity index is 1310. The van der Waals surface area contributed by atoms with Gasteiger partial charge in [-0.3, -0.25) is 24.4 Å². The number of hydrogen-bond acceptors (Lipinski definition) is 6. The van der Waals surface area contributed by atoms with Gasteiger partial charge >= 0.3 is 6.09 Å². The predicted molar refractivity (Wildman–Crippen MR) is 140 cm³/mol. The van der Waals surface area contributed by atoms with Crippen LogP contribution in [0.25, 0.3) is 16.8 Å². The van der Waals surface area contributed by atoms with Crippen LogP contribution in [-0.2, 0) is 4.79 Å². The Kier molecular flexibility index (Phi) is 7.01. The Hall–Kier alpha value is -3.66. The second-order valence-corrected chi connectivity index (χ2v) is 9.94. The fourth-order valence-electron chi connectivity index (χ4n) is 5.87. The van der Waals surface area contributed by atoms with E-state index in [1.54, 1.807) is 13.0 Å². The van der Waals surface area contributed by atoms with Gasteiger partial charge in [-0.25, -0.2) is 9.78 Å². The van der Waals surface area contributed by atoms with Crippen LogP contribution in [0.5, 0.6) is 5.75 Å². The highest BCUT2D eigenvalue weighted by Crippen LogP contribution is 2.39. The third kappa shape index (κ3) is 4.98. The van der Waals surface area contributed by atoms with Gasteiger partial charge in [0.25, 0.3) is 0 Å². The molecule has 1 aliphatic heterocycles. The smallest absolute Gasteiger partial charge is 0.409 e. The van der Waals surface area contributed by atoms with Crippen molar-refractivity contribution in [3.05, 3.63) is 42.1 Å². The van der Waals surface area contributed by atoms with Crippen molar-refractivity contribution < 1.29 is 19.4 Å². The summed E-state index contributed by atoms with van der Waals surface area (Å²) < 4.78 is 7.63. The Balaban J connectivity index is 1.39. The Labute approximate surface area is 216 Å². The monoisotopic (exact) mass is 506 g/mol. The maximum atomic E-state index is 11.7. The summed E-state index contributed by atoms with van der Waals surface area (Å²) in [4.78, 5) is 37.0. The van der Waals surface area contributed by atoms with Gasteiger partial charge in [-0.15, -0.1) is 0 Å². The number of rotatable bonds is 5. The molecule has 0 atom stereocenters. The topological polar surface area (TPSA) is 112 Å². The molecule has 0 spiro atoms. The summed E-state index contributed by atoms with van der Waals surface area (Å²) in [5.41, 5.74) is 3.91. The van der Waals surface area contributed by atoms with E-state index in [9.17, 15) is 9.59 Å². The second-order valence-electron chi connectivity index (χ2n) is 9.94. The molecule has 2 N–H and O–H groups in total. The van der Waals surface area contributed by atoms with E-state index in [0.717, 1.165) is 80.2 Å². The fourth-order valence-corrected chi connectivity index (χ4v) is 5.87. The SMILES string of the molecule is COc1cc(-c2nc([C@H]3CC[C@H](N4CCN(C(C)=O)CC4)CC3)n3ccnc(C)c23)ccc1NC(=O)O. The first-order valence-electron chi connectivity index (χ1n) is 12.9. The molecule has 0 radical (unpaired) electrons. The number of imidazole rings is 1. The quantitative estimate of drug-likeness (QED) is 0.538. The van der Waals surface area contributed by atoms with Crippen molar-refractivity contribution in [1.29, 1.82) is 0 Å². The predicted octanol–water partition coefficient (Wildman–Crippen LogP) is 3.99. The number of piperazine rings is 1. The summed E-state index contributed by atoms with van der Waals surface area (Å²) in [6.45, 7) is 7.17. The van der Waals surface area contributed by atoms with Crippen LogP contribution in [0.3, 0.4) is 0 Å². The molecule has 1 saturated carbocycles. The number of carbonyl (C=O) groups excluding carboxylic acids is 1. The summed E-state index contributed by atoms with van der Waals surface area (Å²) in [5, 5.41) is 11.5. The number of anilines is 1. The van der Waals surface area contributed by atoms with Gasteiger partial charge in [0.05, 0.1) is 29.7 Å². The number of carbonyl (C=O) groups is 2. The van der Waals surface area contributed by atoms with Gasteiger partial charge in [0.2, 0.25) is 5.91 Å². The Morgan fingerprint density at radius 3 is 2.49 bits per heavy atom. The van der Waals surface area contributed by atoms with E-state index in [2.05, 4.69) is 19.6 Å². The van der Waals surface area contributed by atoms with E-state index in [1.165, 1.54) is 7.11 Å². The van der Waals surface area contributed by atoms with Crippen molar-refractivity contribution in [2.24, 2.45) is 0 Å². The lowest BCUT2D eigenvalue weighted by Crippen LogP contribution is -2.52. The number of benzene rings is 1. The third-order valence-electron chi connectivity index (χ3n) is 7.82. The summed E-state index contributed by atoms with van der Waals surface area (Å²) in [5.74, 6) is 1.99. The van der Waals surface area contributed by atoms with Crippen molar-refractivity contribution in [3.63, 3.8) is 0 Å². The van der Waals surface area contributed by atoms with Crippen LogP contribution in [0.2, 0.25) is 0 Å². The molecule has 196 valence electrons. The van der Waals surface area contributed by atoms with Gasteiger partial charge in [0.1, 0.15) is 11.6 Å². The molecule has 1 saturated heterocycles. The molecule has 2 fully saturated rings. The van der Waals surface area contributed by atoms with Crippen LogP contribution < -0.4 is 10.1 Å². The first-order chi connectivity index (χ1) is 17.9. The standard InChI is InChI=1S/C27H34N6O4/c1-17-25-24(20-6-9-22(29-27(35)36)23(16-20)37-3)30-26(33(25)11-10-28-17)19-4-7-21(8-5-19)32-14-12-31(13-15-32)18(2)34/h6,9-11,16,19,21,29H,4-5,7-8,12-15H2,1-3H3,(H,35,36)/t19-,21-. The van der Waals surface area contributed by atoms with Crippen LogP contribution in [0.15, 0.2) is 30.6 Å². The molecule has 5 rings (SSSR count). The summed E-state index contributed by atoms with van der Waals surface area (Å²) in [6, 6.07) is 5.94. The lowest BCUT2D eigenvalue weighted by Gasteiger charge is -2.41. The van der Waals surface area contributed by atoms with Gasteiger partial charge < -0.3 is 14.7 Å². The normalized spacial score (nSPS) is 20.7. The van der Waals surface area contributed by atoms with Gasteiger partial charge in [-0.2, -0.15) is 0 Å². The number of aryl methyl sites for hydroxylation is 1. The Morgan fingerprint density at radius 2 is 1.84 bits per heavy atom. The molecular weight excluding hydrogens is 472 g/mol. The highest BCUT2D eigenvalue weighted by Gasteiger charge is 2.31. The molecule has 1 aliphatic carbocycles. The molecule has 2 aromatic heterocycles. The molecule has 0 bridgehead atoms. The number of aromatic nitrogens is 3. The molecule has 0 unspecified atom stereocenters. The van der Waals surface area contributed by atoms with Gasteiger partial charge in [0, 0.05) is 63.0 Å². The first kappa shape index (κ1) is 25.0. The van der Waals surface area contributed by atoms with E-state index in [4.69, 9.17) is 14.8 Å². The highest BCUT2D eigenvalue weighted by molar-refractivity contribution is 5.88. The number of fused-ring (bicyclic) bond motifs is 1. The number of carboxylic acid groups (broad SMARTS) is 1. The van der Waals surface area contributed by atoms with E-state index in [1.807, 2.05) is 36.4 Å². The lowest BCUT2D eigenvalue weighted by molar-refractivity contribution is -0.131. The fraction of sp³-hybridized carbons (Fsp3) is 0.481. The number of nitrogens with one attached hydrogen (secondary N) is 1. The number of amides is 2. The minimum Gasteiger partial charge on any atom is -0.495 e. The van der Waals surface area contributed by atoms with E-state index in [-0.39, 0.29) is 5.91 Å². The number of hydrogen-bond donors (Lipinski definition) is 2. The van der Waals surface area contributed by atoms with Gasteiger partial charge in [0.15, 0.2) is 0 Å². The van der Waals surface area contributed by atoms with Crippen molar-refractivity contribution in [1.82, 2.24) is 24.2 Å². The minimum absolute atomic E-state index is 0.167. The third-order valence-corrected chi connectivity index (χ3v) is 7.82. The largest absolute Gasteiger partial charge is 0.495 e. The average Bonchev–Trinajstić information content (AvgIpc) is 3.30. The van der Waals surface area contributed by atoms with Crippen LogP contribution in [-0.4, -0.2) is 80.6 Å². The summed E-state index contributed by atoms with van der Waals surface area (Å²) in [6.07, 6.45) is 7.00. The molecule has 3 heterocycles. The molecular formula is C27H34N6O4. The van der Waals surface area contributed by atoms with E-state index in [0.29, 0.717) is 23.4 Å². The zero-order chi connectivity index (χ0) is 26.1. The van der Waals surface area contributed by atoms with Crippen molar-refractivity contribution >= 4 is 23.2 Å². The number of ether oxygens (including phenoxy) is 1. The summed E-state index contributed by atoms with van der Waals surface area (Å²) in [7, 11) is 1.52. The molecule has 1 aromatic carbocycles. The van der Waals surface area contributed by atoms with Crippen molar-refractivity contribution in [3.8, 4) is 17.0 Å². The molecule has 2 amide bonds. The average molecular weight is 507 g/mol. The van der Waals surface area contributed by atoms with E-state index < -0.39 is 6.09 Å². The van der Waals surface area contributed by atoms with Crippen LogP contribution in [0.4, 0.5) is 10.5 Å². The highest BCUT2D eigenvalue weighted by atomic mass is 16.5. The van der Waals surface area contributed by atoms with Gasteiger partial charge in [-0.1, -0.05) is 6.07 Å². The van der Waals surface area contributed by atoms with Crippen molar-refractivity contribution in [2.45, 2.75) is 51.5 Å². The molecule has 10 nitrogen and oxygen atoms in total. The maximum absolute atomic E-state index is 11.7. The maximum Gasteiger partial charge on any atom is 0.409 e. The minimum atomic E-state index is -1.14. The van der Waals surface area contributed by atoms with Crippen LogP contribution in [0.1, 0.15) is 50.0 Å². The Morgan fingerprint density at radius 1 is 1.11 bits per heavy atom. The molecule has 37 heavy (non-hydrogen) atoms. The zero-order valence-electron chi connectivity index (χ0n) is 21.6. The summed E-state index contributed by atoms with van der Waals surface area (Å²) >= 11 is 0. The van der Waals surface area contributed by atoms with E-state index >= 15 is 0 Å².